The zero-order chi connectivity index (χ0) is 14.7. The molecule has 0 spiro atoms. The van der Waals surface area contributed by atoms with Gasteiger partial charge in [-0.05, 0) is 52.0 Å². The number of unbranched alkanes of at least 4 members (excludes halogenated alkanes) is 10. The maximum absolute atomic E-state index is 5.47. The summed E-state index contributed by atoms with van der Waals surface area (Å²) in [5, 5.41) is 0. The molecule has 0 bridgehead atoms. The van der Waals surface area contributed by atoms with Crippen LogP contribution in [0.5, 0.6) is 0 Å². The lowest BCUT2D eigenvalue weighted by molar-refractivity contribution is 0.143. The van der Waals surface area contributed by atoms with Crippen LogP contribution in [-0.2, 0) is 4.74 Å². The molecule has 0 aliphatic carbocycles. The Kier molecular flexibility index (Phi) is 18.3. The van der Waals surface area contributed by atoms with Crippen molar-refractivity contribution in [3.63, 3.8) is 0 Å². The third-order valence-electron chi connectivity index (χ3n) is 3.61. The molecule has 0 unspecified atom stereocenters. The van der Waals surface area contributed by atoms with Gasteiger partial charge >= 0.3 is 0 Å². The van der Waals surface area contributed by atoms with Crippen LogP contribution in [0, 0.1) is 0 Å². The van der Waals surface area contributed by atoms with E-state index in [1.54, 1.807) is 0 Å². The SMILES string of the molecule is CCOCCCCCC/C=C/CCCCCCCCN. The van der Waals surface area contributed by atoms with E-state index in [-0.39, 0.29) is 0 Å². The van der Waals surface area contributed by atoms with Gasteiger partial charge in [0.05, 0.1) is 0 Å². The van der Waals surface area contributed by atoms with Gasteiger partial charge < -0.3 is 10.5 Å². The van der Waals surface area contributed by atoms with Gasteiger partial charge in [-0.15, -0.1) is 0 Å². The van der Waals surface area contributed by atoms with Crippen LogP contribution in [0.15, 0.2) is 12.2 Å². The summed E-state index contributed by atoms with van der Waals surface area (Å²) in [6.07, 6.45) is 20.5. The third kappa shape index (κ3) is 17.7. The molecule has 20 heavy (non-hydrogen) atoms. The van der Waals surface area contributed by atoms with E-state index >= 15 is 0 Å². The second-order valence-corrected chi connectivity index (χ2v) is 5.57. The monoisotopic (exact) mass is 283 g/mol. The van der Waals surface area contributed by atoms with Crippen LogP contribution in [0.1, 0.15) is 84.0 Å². The molecule has 0 fully saturated rings. The van der Waals surface area contributed by atoms with E-state index < -0.39 is 0 Å². The largest absolute Gasteiger partial charge is 0.382 e. The van der Waals surface area contributed by atoms with E-state index in [1.807, 2.05) is 0 Å². The Hall–Kier alpha value is -0.340. The molecule has 2 nitrogen and oxygen atoms in total. The molecule has 0 aromatic carbocycles. The molecule has 2 N–H and O–H groups in total. The summed E-state index contributed by atoms with van der Waals surface area (Å²) in [5.41, 5.74) is 5.47. The van der Waals surface area contributed by atoms with Crippen LogP contribution < -0.4 is 5.73 Å². The highest BCUT2D eigenvalue weighted by Gasteiger charge is 1.90. The summed E-state index contributed by atoms with van der Waals surface area (Å²) in [5.74, 6) is 0. The fraction of sp³-hybridized carbons (Fsp3) is 0.889. The van der Waals surface area contributed by atoms with Crippen molar-refractivity contribution in [2.75, 3.05) is 19.8 Å². The van der Waals surface area contributed by atoms with Gasteiger partial charge in [0.15, 0.2) is 0 Å². The Bertz CT molecular complexity index is 172. The molecule has 0 saturated carbocycles. The van der Waals surface area contributed by atoms with Crippen LogP contribution in [0.3, 0.4) is 0 Å². The molecule has 0 atom stereocenters. The fourth-order valence-electron chi connectivity index (χ4n) is 2.31. The summed E-state index contributed by atoms with van der Waals surface area (Å²) in [4.78, 5) is 0. The van der Waals surface area contributed by atoms with E-state index in [0.29, 0.717) is 0 Å². The minimum Gasteiger partial charge on any atom is -0.382 e. The standard InChI is InChI=1S/C18H37NO/c1-2-20-18-16-14-12-10-8-6-4-3-5-7-9-11-13-15-17-19/h4,6H,2-3,5,7-19H2,1H3/b6-4+. The molecule has 0 heterocycles. The first-order valence-corrected chi connectivity index (χ1v) is 8.84. The first-order chi connectivity index (χ1) is 9.91. The molecule has 0 aromatic heterocycles. The van der Waals surface area contributed by atoms with Crippen LogP contribution in [0.25, 0.3) is 0 Å². The van der Waals surface area contributed by atoms with Gasteiger partial charge in [0.25, 0.3) is 0 Å². The maximum atomic E-state index is 5.47. The Morgan fingerprint density at radius 3 is 1.75 bits per heavy atom. The topological polar surface area (TPSA) is 35.2 Å². The number of hydrogen-bond acceptors (Lipinski definition) is 2. The van der Waals surface area contributed by atoms with E-state index in [9.17, 15) is 0 Å². The maximum Gasteiger partial charge on any atom is 0.0465 e. The highest BCUT2D eigenvalue weighted by Crippen LogP contribution is 2.08. The minimum absolute atomic E-state index is 0.856. The van der Waals surface area contributed by atoms with Crippen molar-refractivity contribution >= 4 is 0 Å². The molecule has 0 saturated heterocycles. The second kappa shape index (κ2) is 18.7. The number of hydrogen-bond donors (Lipinski definition) is 1. The molecule has 0 radical (unpaired) electrons. The highest BCUT2D eigenvalue weighted by molar-refractivity contribution is 4.81. The summed E-state index contributed by atoms with van der Waals surface area (Å²) < 4.78 is 5.33. The quantitative estimate of drug-likeness (QED) is 0.311. The van der Waals surface area contributed by atoms with Gasteiger partial charge in [-0.2, -0.15) is 0 Å². The van der Waals surface area contributed by atoms with Crippen molar-refractivity contribution in [1.82, 2.24) is 0 Å². The highest BCUT2D eigenvalue weighted by atomic mass is 16.5. The van der Waals surface area contributed by atoms with Crippen molar-refractivity contribution in [2.45, 2.75) is 84.0 Å². The predicted octanol–water partition coefficient (Wildman–Crippen LogP) is 5.22. The van der Waals surface area contributed by atoms with Crippen molar-refractivity contribution in [1.29, 1.82) is 0 Å². The minimum atomic E-state index is 0.856. The molecular weight excluding hydrogens is 246 g/mol. The molecule has 2 heteroatoms. The lowest BCUT2D eigenvalue weighted by Crippen LogP contribution is -1.97. The molecule has 0 aromatic rings. The lowest BCUT2D eigenvalue weighted by atomic mass is 10.1. The summed E-state index contributed by atoms with van der Waals surface area (Å²) in [6.45, 7) is 4.71. The zero-order valence-corrected chi connectivity index (χ0v) is 13.7. The Labute approximate surface area is 127 Å². The number of nitrogens with two attached hydrogens (primary N) is 1. The third-order valence-corrected chi connectivity index (χ3v) is 3.61. The fourth-order valence-corrected chi connectivity index (χ4v) is 2.31. The van der Waals surface area contributed by atoms with Gasteiger partial charge in [-0.3, -0.25) is 0 Å². The first kappa shape index (κ1) is 19.7. The van der Waals surface area contributed by atoms with Crippen molar-refractivity contribution in [2.24, 2.45) is 5.73 Å². The van der Waals surface area contributed by atoms with Gasteiger partial charge in [0.2, 0.25) is 0 Å². The molecule has 0 amide bonds. The van der Waals surface area contributed by atoms with Crippen LogP contribution in [-0.4, -0.2) is 19.8 Å². The number of rotatable bonds is 16. The van der Waals surface area contributed by atoms with Crippen molar-refractivity contribution in [3.8, 4) is 0 Å². The van der Waals surface area contributed by atoms with Crippen LogP contribution in [0.2, 0.25) is 0 Å². The van der Waals surface area contributed by atoms with Crippen LogP contribution >= 0.6 is 0 Å². The molecule has 0 rings (SSSR count). The summed E-state index contributed by atoms with van der Waals surface area (Å²) >= 11 is 0. The Balaban J connectivity index is 3.01. The Morgan fingerprint density at radius 2 is 1.20 bits per heavy atom. The first-order valence-electron chi connectivity index (χ1n) is 8.84. The summed E-state index contributed by atoms with van der Waals surface area (Å²) in [6, 6.07) is 0. The molecular formula is C18H37NO. The Morgan fingerprint density at radius 1 is 0.700 bits per heavy atom. The molecule has 120 valence electrons. The van der Waals surface area contributed by atoms with Gasteiger partial charge in [-0.1, -0.05) is 50.7 Å². The van der Waals surface area contributed by atoms with E-state index in [0.717, 1.165) is 19.8 Å². The summed E-state index contributed by atoms with van der Waals surface area (Å²) in [7, 11) is 0. The smallest absolute Gasteiger partial charge is 0.0465 e. The number of allylic oxidation sites excluding steroid dienone is 2. The van der Waals surface area contributed by atoms with Crippen molar-refractivity contribution < 1.29 is 4.74 Å². The predicted molar refractivity (Wildman–Crippen MR) is 90.1 cm³/mol. The van der Waals surface area contributed by atoms with Gasteiger partial charge in [0.1, 0.15) is 0 Å². The van der Waals surface area contributed by atoms with E-state index in [1.165, 1.54) is 77.0 Å². The van der Waals surface area contributed by atoms with Gasteiger partial charge in [0, 0.05) is 13.2 Å². The normalized spacial score (nSPS) is 11.5. The van der Waals surface area contributed by atoms with E-state index in [2.05, 4.69) is 19.1 Å². The zero-order valence-electron chi connectivity index (χ0n) is 13.7. The van der Waals surface area contributed by atoms with Crippen LogP contribution in [0.4, 0.5) is 0 Å². The average Bonchev–Trinajstić information content (AvgIpc) is 2.47. The number of ether oxygens (including phenoxy) is 1. The van der Waals surface area contributed by atoms with Gasteiger partial charge in [-0.25, -0.2) is 0 Å². The van der Waals surface area contributed by atoms with E-state index in [4.69, 9.17) is 10.5 Å². The lowest BCUT2D eigenvalue weighted by Gasteiger charge is -2.00. The second-order valence-electron chi connectivity index (χ2n) is 5.57. The molecule has 0 aliphatic rings. The average molecular weight is 284 g/mol. The van der Waals surface area contributed by atoms with Crippen molar-refractivity contribution in [3.05, 3.63) is 12.2 Å². The molecule has 0 aliphatic heterocycles.